The zero-order valence-electron chi connectivity index (χ0n) is 17.2. The molecule has 5 nitrogen and oxygen atoms in total. The van der Waals surface area contributed by atoms with Crippen molar-refractivity contribution in [3.8, 4) is 5.69 Å². The molecule has 3 aromatic heterocycles. The number of aryl methyl sites for hydroxylation is 1. The SMILES string of the molecule is Cc1ccc(-n2cccc2[C@H]2[C@H](c3ccccn3)NC(=S)N2Cc2cccnc2)cc1. The third kappa shape index (κ3) is 3.82. The second kappa shape index (κ2) is 8.32. The Hall–Kier alpha value is -3.51. The van der Waals surface area contributed by atoms with Crippen LogP contribution in [-0.2, 0) is 6.54 Å². The molecule has 1 aliphatic rings. The first-order chi connectivity index (χ1) is 15.2. The Morgan fingerprint density at radius 1 is 0.968 bits per heavy atom. The monoisotopic (exact) mass is 425 g/mol. The summed E-state index contributed by atoms with van der Waals surface area (Å²) in [6, 6.07) is 22.8. The lowest BCUT2D eigenvalue weighted by molar-refractivity contribution is 0.302. The van der Waals surface area contributed by atoms with Gasteiger partial charge in [0.25, 0.3) is 0 Å². The number of benzene rings is 1. The van der Waals surface area contributed by atoms with Crippen molar-refractivity contribution in [3.63, 3.8) is 0 Å². The van der Waals surface area contributed by atoms with Crippen molar-refractivity contribution < 1.29 is 0 Å². The number of aromatic nitrogens is 3. The van der Waals surface area contributed by atoms with Crippen molar-refractivity contribution in [2.75, 3.05) is 0 Å². The molecule has 0 spiro atoms. The largest absolute Gasteiger partial charge is 0.352 e. The van der Waals surface area contributed by atoms with Gasteiger partial charge in [0.1, 0.15) is 0 Å². The third-order valence-electron chi connectivity index (χ3n) is 5.67. The van der Waals surface area contributed by atoms with Crippen LogP contribution in [0, 0.1) is 6.92 Å². The fourth-order valence-corrected chi connectivity index (χ4v) is 4.47. The van der Waals surface area contributed by atoms with Crippen LogP contribution in [0.2, 0.25) is 0 Å². The van der Waals surface area contributed by atoms with Gasteiger partial charge in [0, 0.05) is 42.7 Å². The first-order valence-electron chi connectivity index (χ1n) is 10.3. The lowest BCUT2D eigenvalue weighted by Gasteiger charge is -2.29. The Kier molecular flexibility index (Phi) is 5.22. The number of rotatable bonds is 5. The summed E-state index contributed by atoms with van der Waals surface area (Å²) in [4.78, 5) is 11.2. The minimum absolute atomic E-state index is 0.0149. The van der Waals surface area contributed by atoms with E-state index in [9.17, 15) is 0 Å². The molecule has 4 aromatic rings. The van der Waals surface area contributed by atoms with Gasteiger partial charge in [-0.2, -0.15) is 0 Å². The van der Waals surface area contributed by atoms with Crippen LogP contribution >= 0.6 is 12.2 Å². The van der Waals surface area contributed by atoms with Crippen LogP contribution < -0.4 is 5.32 Å². The number of hydrogen-bond acceptors (Lipinski definition) is 3. The molecule has 4 heterocycles. The van der Waals surface area contributed by atoms with E-state index >= 15 is 0 Å². The fraction of sp³-hybridized carbons (Fsp3) is 0.160. The van der Waals surface area contributed by atoms with Crippen molar-refractivity contribution >= 4 is 17.3 Å². The molecule has 0 aliphatic carbocycles. The minimum atomic E-state index is -0.0514. The average molecular weight is 426 g/mol. The van der Waals surface area contributed by atoms with Crippen LogP contribution in [0.3, 0.4) is 0 Å². The Bertz CT molecular complexity index is 1170. The van der Waals surface area contributed by atoms with E-state index in [1.54, 1.807) is 6.20 Å². The van der Waals surface area contributed by atoms with Gasteiger partial charge in [0.15, 0.2) is 5.11 Å². The summed E-state index contributed by atoms with van der Waals surface area (Å²) < 4.78 is 2.24. The molecule has 1 N–H and O–H groups in total. The van der Waals surface area contributed by atoms with Crippen LogP contribution in [0.4, 0.5) is 0 Å². The summed E-state index contributed by atoms with van der Waals surface area (Å²) in [5.74, 6) is 0. The van der Waals surface area contributed by atoms with Crippen LogP contribution in [0.5, 0.6) is 0 Å². The Labute approximate surface area is 187 Å². The third-order valence-corrected chi connectivity index (χ3v) is 6.02. The molecule has 0 radical (unpaired) electrons. The van der Waals surface area contributed by atoms with Crippen LogP contribution in [0.25, 0.3) is 5.69 Å². The van der Waals surface area contributed by atoms with E-state index in [2.05, 4.69) is 86.4 Å². The van der Waals surface area contributed by atoms with E-state index in [0.717, 1.165) is 27.8 Å². The lowest BCUT2D eigenvalue weighted by Crippen LogP contribution is -2.30. The second-order valence-electron chi connectivity index (χ2n) is 7.75. The normalized spacial score (nSPS) is 18.2. The molecular formula is C25H23N5S. The first kappa shape index (κ1) is 19.5. The molecule has 0 unspecified atom stereocenters. The van der Waals surface area contributed by atoms with Crippen molar-refractivity contribution in [2.45, 2.75) is 25.6 Å². The maximum Gasteiger partial charge on any atom is 0.170 e. The number of hydrogen-bond donors (Lipinski definition) is 1. The highest BCUT2D eigenvalue weighted by atomic mass is 32.1. The topological polar surface area (TPSA) is 46.0 Å². The second-order valence-corrected chi connectivity index (χ2v) is 8.14. The van der Waals surface area contributed by atoms with Gasteiger partial charge in [0.05, 0.1) is 17.8 Å². The van der Waals surface area contributed by atoms with Crippen LogP contribution in [0.1, 0.15) is 34.6 Å². The molecule has 0 bridgehead atoms. The van der Waals surface area contributed by atoms with Crippen LogP contribution in [0.15, 0.2) is 91.5 Å². The maximum absolute atomic E-state index is 5.80. The Morgan fingerprint density at radius 2 is 1.84 bits per heavy atom. The van der Waals surface area contributed by atoms with E-state index in [-0.39, 0.29) is 12.1 Å². The van der Waals surface area contributed by atoms with Crippen molar-refractivity contribution in [1.29, 1.82) is 0 Å². The quantitative estimate of drug-likeness (QED) is 0.468. The van der Waals surface area contributed by atoms with Gasteiger partial charge >= 0.3 is 0 Å². The summed E-state index contributed by atoms with van der Waals surface area (Å²) in [5.41, 5.74) is 5.62. The molecule has 1 aromatic carbocycles. The van der Waals surface area contributed by atoms with E-state index in [1.165, 1.54) is 5.56 Å². The molecular weight excluding hydrogens is 402 g/mol. The van der Waals surface area contributed by atoms with E-state index in [0.29, 0.717) is 6.54 Å². The Balaban J connectivity index is 1.60. The summed E-state index contributed by atoms with van der Waals surface area (Å²) in [7, 11) is 0. The van der Waals surface area contributed by atoms with Gasteiger partial charge in [-0.15, -0.1) is 0 Å². The standard InChI is InChI=1S/C25H23N5S/c1-18-9-11-20(12-10-18)29-15-5-8-22(29)24-23(21-7-2-3-14-27-21)28-25(31)30(24)17-19-6-4-13-26-16-19/h2-16,23-24H,17H2,1H3,(H,28,31)/t23-,24-/m0/s1. The molecule has 154 valence electrons. The average Bonchev–Trinajstić information content (AvgIpc) is 3.40. The zero-order valence-corrected chi connectivity index (χ0v) is 18.0. The lowest BCUT2D eigenvalue weighted by atomic mass is 10.0. The van der Waals surface area contributed by atoms with Gasteiger partial charge < -0.3 is 14.8 Å². The van der Waals surface area contributed by atoms with E-state index in [4.69, 9.17) is 12.2 Å². The van der Waals surface area contributed by atoms with Gasteiger partial charge in [-0.1, -0.05) is 29.8 Å². The molecule has 1 aliphatic heterocycles. The summed E-state index contributed by atoms with van der Waals surface area (Å²) in [5, 5.41) is 4.25. The maximum atomic E-state index is 5.80. The number of nitrogens with one attached hydrogen (secondary N) is 1. The van der Waals surface area contributed by atoms with E-state index < -0.39 is 0 Å². The predicted molar refractivity (Wildman–Crippen MR) is 126 cm³/mol. The predicted octanol–water partition coefficient (Wildman–Crippen LogP) is 4.75. The van der Waals surface area contributed by atoms with Crippen LogP contribution in [-0.4, -0.2) is 24.5 Å². The van der Waals surface area contributed by atoms with Crippen molar-refractivity contribution in [1.82, 2.24) is 24.8 Å². The molecule has 5 rings (SSSR count). The highest BCUT2D eigenvalue weighted by Crippen LogP contribution is 2.40. The Morgan fingerprint density at radius 3 is 2.58 bits per heavy atom. The fourth-order valence-electron chi connectivity index (χ4n) is 4.16. The molecule has 1 fully saturated rings. The molecule has 0 amide bonds. The van der Waals surface area contributed by atoms with Gasteiger partial charge in [-0.3, -0.25) is 9.97 Å². The number of thiocarbonyl (C=S) groups is 1. The highest BCUT2D eigenvalue weighted by molar-refractivity contribution is 7.80. The van der Waals surface area contributed by atoms with Gasteiger partial charge in [-0.05, 0) is 67.2 Å². The number of nitrogens with zero attached hydrogens (tertiary/aromatic N) is 4. The van der Waals surface area contributed by atoms with Crippen molar-refractivity contribution in [3.05, 3.63) is 114 Å². The summed E-state index contributed by atoms with van der Waals surface area (Å²) >= 11 is 5.80. The van der Waals surface area contributed by atoms with Crippen molar-refractivity contribution in [2.24, 2.45) is 0 Å². The summed E-state index contributed by atoms with van der Waals surface area (Å²) in [6.45, 7) is 2.78. The first-order valence-corrected chi connectivity index (χ1v) is 10.7. The smallest absolute Gasteiger partial charge is 0.170 e. The van der Waals surface area contributed by atoms with Gasteiger partial charge in [0.2, 0.25) is 0 Å². The molecule has 6 heteroatoms. The van der Waals surface area contributed by atoms with E-state index in [1.807, 2.05) is 30.6 Å². The molecule has 0 saturated carbocycles. The molecule has 2 atom stereocenters. The van der Waals surface area contributed by atoms with Gasteiger partial charge in [-0.25, -0.2) is 0 Å². The molecule has 31 heavy (non-hydrogen) atoms. The molecule has 1 saturated heterocycles. The number of pyridine rings is 2. The minimum Gasteiger partial charge on any atom is -0.352 e. The summed E-state index contributed by atoms with van der Waals surface area (Å²) in [6.07, 6.45) is 7.63. The highest BCUT2D eigenvalue weighted by Gasteiger charge is 2.41. The zero-order chi connectivity index (χ0) is 21.2.